The smallest absolute Gasteiger partial charge is 0.305 e. The van der Waals surface area contributed by atoms with Gasteiger partial charge in [-0.2, -0.15) is 0 Å². The van der Waals surface area contributed by atoms with E-state index in [0.717, 1.165) is 0 Å². The van der Waals surface area contributed by atoms with E-state index in [0.29, 0.717) is 12.8 Å². The predicted octanol–water partition coefficient (Wildman–Crippen LogP) is -1.72. The molecule has 0 aromatic carbocycles. The number of carboxylic acids is 2. The molecule has 0 aliphatic carbocycles. The van der Waals surface area contributed by atoms with Crippen molar-refractivity contribution in [2.24, 2.45) is 17.6 Å². The Hall–Kier alpha value is -3.73. The number of carbonyl (C=O) groups excluding carboxylic acids is 6. The van der Waals surface area contributed by atoms with E-state index in [1.807, 2.05) is 0 Å². The molecule has 0 bridgehead atoms. The molecule has 5 amide bonds. The quantitative estimate of drug-likeness (QED) is 0.0538. The van der Waals surface area contributed by atoms with Crippen LogP contribution in [-0.4, -0.2) is 93.6 Å². The van der Waals surface area contributed by atoms with Crippen LogP contribution in [0.1, 0.15) is 66.7 Å². The third-order valence-electron chi connectivity index (χ3n) is 6.14. The Morgan fingerprint density at radius 3 is 1.47 bits per heavy atom. The van der Waals surface area contributed by atoms with Gasteiger partial charge in [0.25, 0.3) is 0 Å². The molecular formula is C26H44N6O10S. The molecule has 0 aliphatic rings. The molecule has 0 heterocycles. The van der Waals surface area contributed by atoms with Crippen molar-refractivity contribution in [2.75, 3.05) is 6.54 Å². The van der Waals surface area contributed by atoms with Gasteiger partial charge >= 0.3 is 11.9 Å². The van der Waals surface area contributed by atoms with Crippen LogP contribution in [0.3, 0.4) is 0 Å². The molecule has 0 aromatic heterocycles. The van der Waals surface area contributed by atoms with Crippen molar-refractivity contribution in [2.45, 2.75) is 96.9 Å². The van der Waals surface area contributed by atoms with Crippen LogP contribution < -0.4 is 32.3 Å². The van der Waals surface area contributed by atoms with Gasteiger partial charge < -0.3 is 42.5 Å². The molecule has 9 N–H and O–H groups in total. The zero-order chi connectivity index (χ0) is 33.4. The van der Waals surface area contributed by atoms with E-state index in [4.69, 9.17) is 10.8 Å². The van der Waals surface area contributed by atoms with Crippen molar-refractivity contribution in [3.05, 3.63) is 0 Å². The lowest BCUT2D eigenvalue weighted by Gasteiger charge is -2.28. The topological polar surface area (TPSA) is 263 Å². The number of nitrogens with one attached hydrogen (secondary N) is 5. The van der Waals surface area contributed by atoms with Gasteiger partial charge in [0.1, 0.15) is 30.2 Å². The number of thiol groups is 1. The maximum atomic E-state index is 13.3. The fourth-order valence-corrected chi connectivity index (χ4v) is 4.01. The highest BCUT2D eigenvalue weighted by Gasteiger charge is 2.34. The second kappa shape index (κ2) is 19.5. The number of rotatable bonds is 20. The van der Waals surface area contributed by atoms with E-state index in [1.165, 1.54) is 6.92 Å². The first-order valence-electron chi connectivity index (χ1n) is 13.8. The van der Waals surface area contributed by atoms with Crippen LogP contribution in [0.25, 0.3) is 0 Å². The normalized spacial score (nSPS) is 14.4. The first-order valence-corrected chi connectivity index (χ1v) is 14.2. The zero-order valence-corrected chi connectivity index (χ0v) is 25.9. The average molecular weight is 633 g/mol. The summed E-state index contributed by atoms with van der Waals surface area (Å²) in [5, 5.41) is 29.4. The van der Waals surface area contributed by atoms with E-state index in [-0.39, 0.29) is 13.0 Å². The van der Waals surface area contributed by atoms with Crippen molar-refractivity contribution < 1.29 is 48.6 Å². The number of amides is 5. The molecule has 43 heavy (non-hydrogen) atoms. The minimum absolute atomic E-state index is 0.0340. The van der Waals surface area contributed by atoms with Gasteiger partial charge in [-0.25, -0.2) is 0 Å². The van der Waals surface area contributed by atoms with Gasteiger partial charge in [-0.05, 0) is 37.6 Å². The molecule has 0 radical (unpaired) electrons. The van der Waals surface area contributed by atoms with Crippen molar-refractivity contribution >= 4 is 59.2 Å². The summed E-state index contributed by atoms with van der Waals surface area (Å²) in [5.41, 5.74) is 5.54. The molecule has 5 atom stereocenters. The second-order valence-corrected chi connectivity index (χ2v) is 11.1. The second-order valence-electron chi connectivity index (χ2n) is 10.7. The number of nitrogens with two attached hydrogens (primary N) is 1. The Morgan fingerprint density at radius 2 is 1.05 bits per heavy atom. The van der Waals surface area contributed by atoms with E-state index in [9.17, 15) is 43.5 Å². The number of hydrogen-bond donors (Lipinski definition) is 9. The molecule has 0 saturated carbocycles. The lowest BCUT2D eigenvalue weighted by Crippen LogP contribution is -2.60. The van der Waals surface area contributed by atoms with Gasteiger partial charge in [-0.15, -0.1) is 12.6 Å². The first kappa shape index (κ1) is 39.3. The van der Waals surface area contributed by atoms with Crippen molar-refractivity contribution in [1.82, 2.24) is 26.6 Å². The minimum Gasteiger partial charge on any atom is -0.481 e. The fourth-order valence-electron chi connectivity index (χ4n) is 3.86. The highest BCUT2D eigenvalue weighted by molar-refractivity contribution is 7.96. The maximum absolute atomic E-state index is 13.3. The Kier molecular flexibility index (Phi) is 17.8. The maximum Gasteiger partial charge on any atom is 0.305 e. The molecule has 244 valence electrons. The zero-order valence-electron chi connectivity index (χ0n) is 25.0. The summed E-state index contributed by atoms with van der Waals surface area (Å²) in [6, 6.07) is -6.70. The van der Waals surface area contributed by atoms with E-state index in [1.54, 1.807) is 27.7 Å². The summed E-state index contributed by atoms with van der Waals surface area (Å²) in [5.74, 6) is -7.74. The highest BCUT2D eigenvalue weighted by atomic mass is 32.1. The van der Waals surface area contributed by atoms with E-state index >= 15 is 0 Å². The SMILES string of the molecule is CC(=O)N[C@H](C(=O)N[C@@H](CC(=O)O)C(=O)N[C@@H](CCCCN)C(=O)N[C@H](C(=O)N[C@@H](CC(=O)O)C(=O)S)C(C)C)C(C)C. The lowest BCUT2D eigenvalue weighted by molar-refractivity contribution is -0.142. The molecule has 16 nitrogen and oxygen atoms in total. The number of aliphatic carboxylic acids is 2. The minimum atomic E-state index is -1.62. The molecule has 0 fully saturated rings. The van der Waals surface area contributed by atoms with Crippen LogP contribution in [0.15, 0.2) is 0 Å². The number of carbonyl (C=O) groups is 8. The average Bonchev–Trinajstić information content (AvgIpc) is 2.87. The van der Waals surface area contributed by atoms with Crippen LogP contribution in [0, 0.1) is 11.8 Å². The van der Waals surface area contributed by atoms with Gasteiger partial charge in [0.2, 0.25) is 34.7 Å². The molecule has 0 aromatic rings. The monoisotopic (exact) mass is 632 g/mol. The highest BCUT2D eigenvalue weighted by Crippen LogP contribution is 2.09. The largest absolute Gasteiger partial charge is 0.481 e. The lowest BCUT2D eigenvalue weighted by atomic mass is 10.0. The molecule has 0 unspecified atom stereocenters. The molecule has 0 saturated heterocycles. The van der Waals surface area contributed by atoms with Crippen molar-refractivity contribution in [1.29, 1.82) is 0 Å². The van der Waals surface area contributed by atoms with Crippen LogP contribution in [0.4, 0.5) is 0 Å². The molecule has 0 rings (SSSR count). The van der Waals surface area contributed by atoms with E-state index < -0.39 is 101 Å². The van der Waals surface area contributed by atoms with Gasteiger partial charge in [0.15, 0.2) is 0 Å². The molecule has 0 aliphatic heterocycles. The number of unbranched alkanes of at least 4 members (excludes halogenated alkanes) is 1. The fraction of sp³-hybridized carbons (Fsp3) is 0.692. The summed E-state index contributed by atoms with van der Waals surface area (Å²) < 4.78 is 0. The van der Waals surface area contributed by atoms with Crippen LogP contribution in [0.2, 0.25) is 0 Å². The van der Waals surface area contributed by atoms with Crippen molar-refractivity contribution in [3.63, 3.8) is 0 Å². The molecule has 0 spiro atoms. The third-order valence-corrected chi connectivity index (χ3v) is 6.45. The summed E-state index contributed by atoms with van der Waals surface area (Å²) in [6.07, 6.45) is -0.709. The Labute approximate surface area is 255 Å². The Bertz CT molecular complexity index is 1040. The summed E-state index contributed by atoms with van der Waals surface area (Å²) in [7, 11) is 0. The predicted molar refractivity (Wildman–Crippen MR) is 156 cm³/mol. The first-order chi connectivity index (χ1) is 19.9. The molecule has 17 heteroatoms. The Morgan fingerprint density at radius 1 is 0.628 bits per heavy atom. The summed E-state index contributed by atoms with van der Waals surface area (Å²) >= 11 is 3.60. The number of hydrogen-bond acceptors (Lipinski definition) is 9. The van der Waals surface area contributed by atoms with Crippen LogP contribution in [0.5, 0.6) is 0 Å². The van der Waals surface area contributed by atoms with E-state index in [2.05, 4.69) is 39.2 Å². The summed E-state index contributed by atoms with van der Waals surface area (Å²) in [4.78, 5) is 98.1. The third kappa shape index (κ3) is 15.3. The van der Waals surface area contributed by atoms with Crippen molar-refractivity contribution in [3.8, 4) is 0 Å². The Balaban J connectivity index is 6.00. The van der Waals surface area contributed by atoms with Gasteiger partial charge in [-0.3, -0.25) is 38.4 Å². The number of carboxylic acid groups (broad SMARTS) is 2. The van der Waals surface area contributed by atoms with Gasteiger partial charge in [0, 0.05) is 6.92 Å². The standard InChI is InChI=1S/C26H44N6O10S/c1-12(2)20(28-14(5)33)24(40)30-16(10-18(34)35)23(39)29-15(8-6-7-9-27)22(38)32-21(13(3)4)25(41)31-17(26(42)43)11-19(36)37/h12-13,15-17,20-21H,6-11,27H2,1-5H3,(H,28,33)(H,29,39)(H,30,40)(H,31,41)(H,32,38)(H,34,35)(H,36,37)(H,42,43)/t15-,16-,17-,20-,21-/m0/s1. The summed E-state index contributed by atoms with van der Waals surface area (Å²) in [6.45, 7) is 7.92. The van der Waals surface area contributed by atoms with Crippen LogP contribution in [-0.2, 0) is 38.4 Å². The molecular weight excluding hydrogens is 588 g/mol. The van der Waals surface area contributed by atoms with Gasteiger partial charge in [0.05, 0.1) is 12.8 Å². The van der Waals surface area contributed by atoms with Crippen LogP contribution >= 0.6 is 12.6 Å². The van der Waals surface area contributed by atoms with Gasteiger partial charge in [-0.1, -0.05) is 27.7 Å².